The number of hydrogen-bond acceptors (Lipinski definition) is 5. The Labute approximate surface area is 103 Å². The maximum Gasteiger partial charge on any atom is 0.356 e. The van der Waals surface area contributed by atoms with E-state index in [0.717, 1.165) is 17.9 Å². The molecule has 1 aromatic heterocycles. The van der Waals surface area contributed by atoms with Crippen LogP contribution < -0.4 is 4.90 Å². The number of hydrogen-bond donors (Lipinski definition) is 1. The largest absolute Gasteiger partial charge is 0.476 e. The maximum atomic E-state index is 11.3. The van der Waals surface area contributed by atoms with E-state index in [4.69, 9.17) is 5.11 Å². The molecule has 0 spiro atoms. The molecule has 0 atom stereocenters. The molecule has 1 fully saturated rings. The minimum atomic E-state index is -1.14. The molecule has 17 heavy (non-hydrogen) atoms. The van der Waals surface area contributed by atoms with Gasteiger partial charge in [0, 0.05) is 20.5 Å². The zero-order chi connectivity index (χ0) is 12.6. The second-order valence-electron chi connectivity index (χ2n) is 4.36. The molecule has 1 aliphatic rings. The number of rotatable bonds is 5. The molecule has 92 valence electrons. The molecule has 0 aliphatic heterocycles. The number of carbonyl (C=O) groups excluding carboxylic acids is 1. The van der Waals surface area contributed by atoms with E-state index in [0.29, 0.717) is 11.0 Å². The number of aromatic carboxylic acids is 1. The minimum absolute atomic E-state index is 0.125. The summed E-state index contributed by atoms with van der Waals surface area (Å²) in [4.78, 5) is 28.5. The molecule has 0 amide bonds. The number of Topliss-reactive ketones (excluding diaryl/α,β-unsaturated/α-hetero) is 1. The summed E-state index contributed by atoms with van der Waals surface area (Å²) in [5.41, 5.74) is -0.125. The van der Waals surface area contributed by atoms with Crippen molar-refractivity contribution in [3.8, 4) is 0 Å². The van der Waals surface area contributed by atoms with Crippen LogP contribution in [0, 0.1) is 5.92 Å². The van der Waals surface area contributed by atoms with Gasteiger partial charge in [0.25, 0.3) is 0 Å². The fourth-order valence-electron chi connectivity index (χ4n) is 1.62. The van der Waals surface area contributed by atoms with Crippen molar-refractivity contribution in [2.45, 2.75) is 19.8 Å². The number of carbonyl (C=O) groups is 2. The van der Waals surface area contributed by atoms with Crippen LogP contribution in [-0.4, -0.2) is 35.4 Å². The monoisotopic (exact) mass is 254 g/mol. The Morgan fingerprint density at radius 1 is 1.53 bits per heavy atom. The van der Waals surface area contributed by atoms with Gasteiger partial charge in [0.1, 0.15) is 4.88 Å². The first-order chi connectivity index (χ1) is 7.99. The molecule has 6 heteroatoms. The number of nitrogens with zero attached hydrogens (tertiary/aromatic N) is 2. The van der Waals surface area contributed by atoms with Gasteiger partial charge in [-0.15, -0.1) is 0 Å². The average molecular weight is 254 g/mol. The van der Waals surface area contributed by atoms with Crippen molar-refractivity contribution in [2.24, 2.45) is 5.92 Å². The predicted molar refractivity (Wildman–Crippen MR) is 65.1 cm³/mol. The van der Waals surface area contributed by atoms with E-state index >= 15 is 0 Å². The van der Waals surface area contributed by atoms with Gasteiger partial charge in [-0.1, -0.05) is 11.3 Å². The minimum Gasteiger partial charge on any atom is -0.476 e. The first-order valence-corrected chi connectivity index (χ1v) is 6.27. The fourth-order valence-corrected chi connectivity index (χ4v) is 2.54. The van der Waals surface area contributed by atoms with Gasteiger partial charge < -0.3 is 10.0 Å². The quantitative estimate of drug-likeness (QED) is 0.812. The maximum absolute atomic E-state index is 11.3. The smallest absolute Gasteiger partial charge is 0.356 e. The molecular formula is C11H14N2O3S. The van der Waals surface area contributed by atoms with Crippen molar-refractivity contribution in [3.63, 3.8) is 0 Å². The van der Waals surface area contributed by atoms with Gasteiger partial charge in [-0.25, -0.2) is 9.78 Å². The highest BCUT2D eigenvalue weighted by Crippen LogP contribution is 2.33. The topological polar surface area (TPSA) is 70.5 Å². The van der Waals surface area contributed by atoms with E-state index in [2.05, 4.69) is 4.98 Å². The molecular weight excluding hydrogens is 240 g/mol. The number of anilines is 1. The second-order valence-corrected chi connectivity index (χ2v) is 5.34. The van der Waals surface area contributed by atoms with Crippen LogP contribution in [0.1, 0.15) is 39.9 Å². The number of ketones is 1. The lowest BCUT2D eigenvalue weighted by Crippen LogP contribution is -2.19. The number of aromatic nitrogens is 1. The molecule has 1 heterocycles. The highest BCUT2D eigenvalue weighted by molar-refractivity contribution is 7.17. The SMILES string of the molecule is CC(=O)c1sc(N(C)CC2CC2)nc1C(=O)O. The van der Waals surface area contributed by atoms with Crippen LogP contribution in [0.25, 0.3) is 0 Å². The van der Waals surface area contributed by atoms with Crippen molar-refractivity contribution in [3.05, 3.63) is 10.6 Å². The number of thiazole rings is 1. The molecule has 0 unspecified atom stereocenters. The molecule has 1 N–H and O–H groups in total. The Hall–Kier alpha value is -1.43. The van der Waals surface area contributed by atoms with E-state index in [1.807, 2.05) is 11.9 Å². The Bertz CT molecular complexity index is 434. The standard InChI is InChI=1S/C11H14N2O3S/c1-6(14)9-8(10(15)16)12-11(17-9)13(2)5-7-3-4-7/h7H,3-5H2,1-2H3,(H,15,16). The third-order valence-corrected chi connectivity index (χ3v) is 3.96. The van der Waals surface area contributed by atoms with Crippen LogP contribution in [0.5, 0.6) is 0 Å². The summed E-state index contributed by atoms with van der Waals surface area (Å²) in [5.74, 6) is -0.693. The highest BCUT2D eigenvalue weighted by atomic mass is 32.1. The lowest BCUT2D eigenvalue weighted by atomic mass is 10.3. The molecule has 1 aromatic rings. The molecule has 0 radical (unpaired) electrons. The molecule has 0 aromatic carbocycles. The van der Waals surface area contributed by atoms with Crippen LogP contribution >= 0.6 is 11.3 Å². The van der Waals surface area contributed by atoms with Gasteiger partial charge in [-0.05, 0) is 18.8 Å². The highest BCUT2D eigenvalue weighted by Gasteiger charge is 2.26. The van der Waals surface area contributed by atoms with Crippen LogP contribution in [0.2, 0.25) is 0 Å². The molecule has 0 saturated heterocycles. The van der Waals surface area contributed by atoms with Crippen molar-refractivity contribution in [1.82, 2.24) is 4.98 Å². The third-order valence-electron chi connectivity index (χ3n) is 2.69. The van der Waals surface area contributed by atoms with E-state index in [1.54, 1.807) is 0 Å². The first kappa shape index (κ1) is 12.0. The predicted octanol–water partition coefficient (Wildman–Crippen LogP) is 1.89. The van der Waals surface area contributed by atoms with Gasteiger partial charge in [0.15, 0.2) is 16.6 Å². The summed E-state index contributed by atoms with van der Waals surface area (Å²) < 4.78 is 0. The normalized spacial score (nSPS) is 14.7. The van der Waals surface area contributed by atoms with Crippen LogP contribution in [-0.2, 0) is 0 Å². The van der Waals surface area contributed by atoms with E-state index in [1.165, 1.54) is 19.8 Å². The van der Waals surface area contributed by atoms with Crippen molar-refractivity contribution >= 4 is 28.2 Å². The second kappa shape index (κ2) is 4.44. The van der Waals surface area contributed by atoms with Crippen LogP contribution in [0.4, 0.5) is 5.13 Å². The molecule has 0 bridgehead atoms. The van der Waals surface area contributed by atoms with Gasteiger partial charge in [0.2, 0.25) is 0 Å². The van der Waals surface area contributed by atoms with Crippen LogP contribution in [0.3, 0.4) is 0 Å². The van der Waals surface area contributed by atoms with Gasteiger partial charge >= 0.3 is 5.97 Å². The van der Waals surface area contributed by atoms with Crippen molar-refractivity contribution in [1.29, 1.82) is 0 Å². The lowest BCUT2D eigenvalue weighted by Gasteiger charge is -2.14. The molecule has 2 rings (SSSR count). The number of carboxylic acids is 1. The molecule has 1 saturated carbocycles. The Morgan fingerprint density at radius 2 is 2.18 bits per heavy atom. The van der Waals surface area contributed by atoms with Crippen molar-refractivity contribution < 1.29 is 14.7 Å². The van der Waals surface area contributed by atoms with E-state index in [-0.39, 0.29) is 16.4 Å². The Kier molecular flexibility index (Phi) is 3.15. The third kappa shape index (κ3) is 2.63. The average Bonchev–Trinajstić information content (AvgIpc) is 2.93. The van der Waals surface area contributed by atoms with Gasteiger partial charge in [0.05, 0.1) is 0 Å². The molecule has 5 nitrogen and oxygen atoms in total. The van der Waals surface area contributed by atoms with Gasteiger partial charge in [-0.3, -0.25) is 4.79 Å². The molecule has 1 aliphatic carbocycles. The van der Waals surface area contributed by atoms with Gasteiger partial charge in [-0.2, -0.15) is 0 Å². The Morgan fingerprint density at radius 3 is 2.59 bits per heavy atom. The summed E-state index contributed by atoms with van der Waals surface area (Å²) >= 11 is 1.16. The van der Waals surface area contributed by atoms with Crippen molar-refractivity contribution in [2.75, 3.05) is 18.5 Å². The van der Waals surface area contributed by atoms with Crippen LogP contribution in [0.15, 0.2) is 0 Å². The summed E-state index contributed by atoms with van der Waals surface area (Å²) in [6.45, 7) is 2.24. The summed E-state index contributed by atoms with van der Waals surface area (Å²) in [5, 5.41) is 9.59. The first-order valence-electron chi connectivity index (χ1n) is 5.45. The van der Waals surface area contributed by atoms with E-state index in [9.17, 15) is 9.59 Å². The number of carboxylic acid groups (broad SMARTS) is 1. The van der Waals surface area contributed by atoms with E-state index < -0.39 is 5.97 Å². The summed E-state index contributed by atoms with van der Waals surface area (Å²) in [6, 6.07) is 0. The zero-order valence-electron chi connectivity index (χ0n) is 9.77. The summed E-state index contributed by atoms with van der Waals surface area (Å²) in [7, 11) is 1.88. The zero-order valence-corrected chi connectivity index (χ0v) is 10.6. The fraction of sp³-hybridized carbons (Fsp3) is 0.545. The Balaban J connectivity index is 2.25. The lowest BCUT2D eigenvalue weighted by molar-refractivity contribution is 0.0687. The summed E-state index contributed by atoms with van der Waals surface area (Å²) in [6.07, 6.45) is 2.45.